The molecule has 1 heterocycles. The zero-order valence-corrected chi connectivity index (χ0v) is 7.95. The summed E-state index contributed by atoms with van der Waals surface area (Å²) in [7, 11) is 1.15. The zero-order chi connectivity index (χ0) is 10.9. The number of rotatable bonds is 1. The number of hydrogen-bond acceptors (Lipinski definition) is 6. The monoisotopic (exact) mass is 206 g/mol. The van der Waals surface area contributed by atoms with Crippen LogP contribution in [0.25, 0.3) is 0 Å². The normalized spacial score (nSPS) is 43.4. The Kier molecular flexibility index (Phi) is 3.43. The Balaban J connectivity index is 2.75. The predicted molar refractivity (Wildman–Crippen MR) is 44.4 cm³/mol. The molecule has 0 aromatic heterocycles. The summed E-state index contributed by atoms with van der Waals surface area (Å²) in [6, 6.07) is 0. The summed E-state index contributed by atoms with van der Waals surface area (Å²) in [6.07, 6.45) is -6.03. The summed E-state index contributed by atoms with van der Waals surface area (Å²) >= 11 is 0. The molecule has 0 aliphatic carbocycles. The Hall–Kier alpha value is -0.690. The molecule has 1 saturated heterocycles. The van der Waals surface area contributed by atoms with Gasteiger partial charge < -0.3 is 24.8 Å². The second kappa shape index (κ2) is 4.22. The average molecular weight is 206 g/mol. The van der Waals surface area contributed by atoms with Crippen LogP contribution >= 0.6 is 0 Å². The Morgan fingerprint density at radius 3 is 2.29 bits per heavy atom. The van der Waals surface area contributed by atoms with Gasteiger partial charge in [-0.25, -0.2) is 4.79 Å². The van der Waals surface area contributed by atoms with Gasteiger partial charge in [-0.3, -0.25) is 0 Å². The first-order valence-corrected chi connectivity index (χ1v) is 4.26. The van der Waals surface area contributed by atoms with E-state index in [-0.39, 0.29) is 0 Å². The van der Waals surface area contributed by atoms with Crippen LogP contribution in [0.5, 0.6) is 0 Å². The standard InChI is InChI=1S/C8H14O6/c1-3-4(9)5(10)6(11)7(14-3)8(12)13-2/h3-7,9-11H,1-2H3/t3-,4-,5+,6-,7-/m0/s1. The van der Waals surface area contributed by atoms with Gasteiger partial charge in [0.2, 0.25) is 0 Å². The van der Waals surface area contributed by atoms with E-state index in [9.17, 15) is 20.1 Å². The molecule has 1 aliphatic rings. The maximum atomic E-state index is 11.1. The highest BCUT2D eigenvalue weighted by Gasteiger charge is 2.45. The van der Waals surface area contributed by atoms with Crippen LogP contribution in [-0.4, -0.2) is 58.9 Å². The second-order valence-electron chi connectivity index (χ2n) is 3.26. The van der Waals surface area contributed by atoms with Crippen LogP contribution in [0, 0.1) is 0 Å². The molecule has 5 atom stereocenters. The minimum Gasteiger partial charge on any atom is -0.467 e. The molecule has 6 nitrogen and oxygen atoms in total. The van der Waals surface area contributed by atoms with Crippen molar-refractivity contribution in [3.8, 4) is 0 Å². The summed E-state index contributed by atoms with van der Waals surface area (Å²) in [6.45, 7) is 1.50. The summed E-state index contributed by atoms with van der Waals surface area (Å²) in [5, 5.41) is 28.0. The second-order valence-corrected chi connectivity index (χ2v) is 3.26. The summed E-state index contributed by atoms with van der Waals surface area (Å²) in [5.41, 5.74) is 0. The van der Waals surface area contributed by atoms with Crippen LogP contribution in [0.1, 0.15) is 6.92 Å². The number of carbonyl (C=O) groups excluding carboxylic acids is 1. The molecule has 82 valence electrons. The molecular weight excluding hydrogens is 192 g/mol. The molecule has 0 aromatic rings. The van der Waals surface area contributed by atoms with Crippen molar-refractivity contribution in [3.63, 3.8) is 0 Å². The number of aliphatic hydroxyl groups excluding tert-OH is 3. The summed E-state index contributed by atoms with van der Waals surface area (Å²) in [5.74, 6) is -0.768. The highest BCUT2D eigenvalue weighted by atomic mass is 16.6. The van der Waals surface area contributed by atoms with Gasteiger partial charge in [-0.15, -0.1) is 0 Å². The molecule has 0 aromatic carbocycles. The third kappa shape index (κ3) is 1.88. The Morgan fingerprint density at radius 2 is 1.79 bits per heavy atom. The maximum Gasteiger partial charge on any atom is 0.337 e. The summed E-state index contributed by atoms with van der Waals surface area (Å²) < 4.78 is 9.37. The third-order valence-electron chi connectivity index (χ3n) is 2.29. The molecular formula is C8H14O6. The first-order chi connectivity index (χ1) is 6.49. The van der Waals surface area contributed by atoms with E-state index in [1.54, 1.807) is 0 Å². The molecule has 0 unspecified atom stereocenters. The Bertz CT molecular complexity index is 218. The molecule has 3 N–H and O–H groups in total. The predicted octanol–water partition coefficient (Wildman–Crippen LogP) is -1.97. The van der Waals surface area contributed by atoms with Gasteiger partial charge in [0.05, 0.1) is 13.2 Å². The van der Waals surface area contributed by atoms with Crippen molar-refractivity contribution in [2.24, 2.45) is 0 Å². The van der Waals surface area contributed by atoms with Gasteiger partial charge in [0.25, 0.3) is 0 Å². The molecule has 1 fully saturated rings. The number of esters is 1. The van der Waals surface area contributed by atoms with Crippen molar-refractivity contribution in [2.45, 2.75) is 37.4 Å². The van der Waals surface area contributed by atoms with E-state index in [0.717, 1.165) is 7.11 Å². The largest absolute Gasteiger partial charge is 0.467 e. The van der Waals surface area contributed by atoms with E-state index in [4.69, 9.17) is 4.74 Å². The fraction of sp³-hybridized carbons (Fsp3) is 0.875. The fourth-order valence-electron chi connectivity index (χ4n) is 1.36. The smallest absolute Gasteiger partial charge is 0.337 e. The molecule has 6 heteroatoms. The number of aliphatic hydroxyl groups is 3. The van der Waals surface area contributed by atoms with E-state index in [1.807, 2.05) is 0 Å². The highest BCUT2D eigenvalue weighted by molar-refractivity contribution is 5.75. The number of methoxy groups -OCH3 is 1. The lowest BCUT2D eigenvalue weighted by molar-refractivity contribution is -0.225. The van der Waals surface area contributed by atoms with Crippen molar-refractivity contribution in [2.75, 3.05) is 7.11 Å². The van der Waals surface area contributed by atoms with Gasteiger partial charge in [-0.2, -0.15) is 0 Å². The van der Waals surface area contributed by atoms with Crippen LogP contribution in [-0.2, 0) is 14.3 Å². The summed E-state index contributed by atoms with van der Waals surface area (Å²) in [4.78, 5) is 11.1. The van der Waals surface area contributed by atoms with E-state index in [2.05, 4.69) is 4.74 Å². The molecule has 1 aliphatic heterocycles. The average Bonchev–Trinajstić information content (AvgIpc) is 2.19. The third-order valence-corrected chi connectivity index (χ3v) is 2.29. The molecule has 0 amide bonds. The Labute approximate surface area is 81.1 Å². The molecule has 0 saturated carbocycles. The van der Waals surface area contributed by atoms with Gasteiger partial charge in [0.1, 0.15) is 18.3 Å². The van der Waals surface area contributed by atoms with Crippen molar-refractivity contribution in [1.29, 1.82) is 0 Å². The van der Waals surface area contributed by atoms with Crippen LogP contribution < -0.4 is 0 Å². The van der Waals surface area contributed by atoms with E-state index in [1.165, 1.54) is 6.92 Å². The van der Waals surface area contributed by atoms with Crippen LogP contribution in [0.4, 0.5) is 0 Å². The molecule has 0 spiro atoms. The molecule has 14 heavy (non-hydrogen) atoms. The number of hydrogen-bond donors (Lipinski definition) is 3. The van der Waals surface area contributed by atoms with Crippen molar-refractivity contribution in [1.82, 2.24) is 0 Å². The lowest BCUT2D eigenvalue weighted by Crippen LogP contribution is -2.59. The fourth-order valence-corrected chi connectivity index (χ4v) is 1.36. The molecule has 0 bridgehead atoms. The number of carbonyl (C=O) groups is 1. The van der Waals surface area contributed by atoms with Gasteiger partial charge in [-0.1, -0.05) is 0 Å². The SMILES string of the molecule is COC(=O)[C@H]1O[C@@H](C)[C@H](O)[C@@H](O)[C@@H]1O. The van der Waals surface area contributed by atoms with Crippen LogP contribution in [0.15, 0.2) is 0 Å². The van der Waals surface area contributed by atoms with Gasteiger partial charge in [0, 0.05) is 0 Å². The maximum absolute atomic E-state index is 11.1. The van der Waals surface area contributed by atoms with E-state index >= 15 is 0 Å². The highest BCUT2D eigenvalue weighted by Crippen LogP contribution is 2.21. The van der Waals surface area contributed by atoms with Gasteiger partial charge in [0.15, 0.2) is 6.10 Å². The molecule has 1 rings (SSSR count). The lowest BCUT2D eigenvalue weighted by atomic mass is 9.96. The zero-order valence-electron chi connectivity index (χ0n) is 7.95. The van der Waals surface area contributed by atoms with Crippen molar-refractivity contribution in [3.05, 3.63) is 0 Å². The van der Waals surface area contributed by atoms with E-state index in [0.29, 0.717) is 0 Å². The van der Waals surface area contributed by atoms with Gasteiger partial charge >= 0.3 is 5.97 Å². The minimum atomic E-state index is -1.46. The minimum absolute atomic E-state index is 0.725. The van der Waals surface area contributed by atoms with E-state index < -0.39 is 36.5 Å². The molecule has 0 radical (unpaired) electrons. The topological polar surface area (TPSA) is 96.2 Å². The van der Waals surface area contributed by atoms with Gasteiger partial charge in [-0.05, 0) is 6.92 Å². The van der Waals surface area contributed by atoms with Crippen molar-refractivity contribution < 1.29 is 29.6 Å². The van der Waals surface area contributed by atoms with Crippen LogP contribution in [0.2, 0.25) is 0 Å². The first kappa shape index (κ1) is 11.4. The van der Waals surface area contributed by atoms with Crippen molar-refractivity contribution >= 4 is 5.97 Å². The number of ether oxygens (including phenoxy) is 2. The van der Waals surface area contributed by atoms with Crippen LogP contribution in [0.3, 0.4) is 0 Å². The quantitative estimate of drug-likeness (QED) is 0.431. The lowest BCUT2D eigenvalue weighted by Gasteiger charge is -2.37. The first-order valence-electron chi connectivity index (χ1n) is 4.26. The Morgan fingerprint density at radius 1 is 1.21 bits per heavy atom.